The average molecular weight is 319 g/mol. The second-order valence-electron chi connectivity index (χ2n) is 6.15. The molecule has 5 heteroatoms. The average Bonchev–Trinajstić information content (AvgIpc) is 2.60. The molecule has 1 atom stereocenters. The smallest absolute Gasteiger partial charge is 0.317 e. The molecule has 0 aliphatic carbocycles. The van der Waals surface area contributed by atoms with Crippen molar-refractivity contribution in [1.29, 1.82) is 0 Å². The van der Waals surface area contributed by atoms with Crippen LogP contribution in [0.25, 0.3) is 0 Å². The van der Waals surface area contributed by atoms with Crippen LogP contribution in [0.1, 0.15) is 25.8 Å². The summed E-state index contributed by atoms with van der Waals surface area (Å²) < 4.78 is 5.40. The van der Waals surface area contributed by atoms with E-state index in [0.717, 1.165) is 51.3 Å². The number of para-hydroxylation sites is 1. The molecule has 5 nitrogen and oxygen atoms in total. The summed E-state index contributed by atoms with van der Waals surface area (Å²) in [7, 11) is 1.72. The van der Waals surface area contributed by atoms with Gasteiger partial charge in [0.1, 0.15) is 5.75 Å². The Balaban J connectivity index is 1.75. The number of piperazine rings is 1. The van der Waals surface area contributed by atoms with E-state index in [1.165, 1.54) is 5.56 Å². The summed E-state index contributed by atoms with van der Waals surface area (Å²) in [6.45, 7) is 8.60. The second kappa shape index (κ2) is 8.77. The molecule has 0 bridgehead atoms. The number of nitrogens with one attached hydrogen (secondary N) is 1. The van der Waals surface area contributed by atoms with Gasteiger partial charge in [-0.05, 0) is 31.4 Å². The summed E-state index contributed by atoms with van der Waals surface area (Å²) >= 11 is 0. The zero-order valence-electron chi connectivity index (χ0n) is 14.5. The molecule has 1 aromatic carbocycles. The number of nitrogens with zero attached hydrogens (tertiary/aromatic N) is 2. The number of urea groups is 1. The van der Waals surface area contributed by atoms with Crippen LogP contribution in [-0.2, 0) is 6.42 Å². The number of methoxy groups -OCH3 is 1. The van der Waals surface area contributed by atoms with Crippen LogP contribution in [0.4, 0.5) is 4.79 Å². The highest BCUT2D eigenvalue weighted by Gasteiger charge is 2.21. The first-order chi connectivity index (χ1) is 11.1. The number of hydrogen-bond acceptors (Lipinski definition) is 3. The number of carbonyl (C=O) groups excluding carboxylic acids is 1. The van der Waals surface area contributed by atoms with Crippen LogP contribution in [0.15, 0.2) is 24.3 Å². The van der Waals surface area contributed by atoms with Gasteiger partial charge in [0.25, 0.3) is 0 Å². The number of amides is 2. The Morgan fingerprint density at radius 3 is 2.61 bits per heavy atom. The summed E-state index contributed by atoms with van der Waals surface area (Å²) in [4.78, 5) is 16.5. The van der Waals surface area contributed by atoms with Crippen LogP contribution < -0.4 is 10.1 Å². The van der Waals surface area contributed by atoms with Gasteiger partial charge in [0.15, 0.2) is 0 Å². The molecule has 0 spiro atoms. The molecule has 1 fully saturated rings. The first-order valence-electron chi connectivity index (χ1n) is 8.53. The first-order valence-corrected chi connectivity index (χ1v) is 8.53. The molecule has 1 aliphatic rings. The van der Waals surface area contributed by atoms with Crippen molar-refractivity contribution in [3.05, 3.63) is 29.8 Å². The molecule has 1 aromatic rings. The minimum absolute atomic E-state index is 0.0729. The second-order valence-corrected chi connectivity index (χ2v) is 6.15. The molecule has 1 saturated heterocycles. The van der Waals surface area contributed by atoms with E-state index in [-0.39, 0.29) is 12.1 Å². The van der Waals surface area contributed by atoms with Gasteiger partial charge in [0, 0.05) is 38.8 Å². The molecule has 23 heavy (non-hydrogen) atoms. The molecule has 2 amide bonds. The number of hydrogen-bond donors (Lipinski definition) is 1. The van der Waals surface area contributed by atoms with E-state index < -0.39 is 0 Å². The number of benzene rings is 1. The van der Waals surface area contributed by atoms with Crippen molar-refractivity contribution >= 4 is 6.03 Å². The maximum atomic E-state index is 12.1. The van der Waals surface area contributed by atoms with Gasteiger partial charge >= 0.3 is 6.03 Å². The van der Waals surface area contributed by atoms with Gasteiger partial charge in [-0.1, -0.05) is 25.1 Å². The van der Waals surface area contributed by atoms with E-state index in [1.54, 1.807) is 7.11 Å². The molecule has 0 saturated carbocycles. The number of ether oxygens (including phenoxy) is 1. The lowest BCUT2D eigenvalue weighted by Gasteiger charge is -2.35. The standard InChI is InChI=1S/C18H29N3O2/c1-4-15(2)19-18(22)21-13-11-20(12-14-21)10-9-16-7-5-6-8-17(16)23-3/h5-8,15H,4,9-14H2,1-3H3,(H,19,22). The minimum Gasteiger partial charge on any atom is -0.496 e. The summed E-state index contributed by atoms with van der Waals surface area (Å²) in [5.41, 5.74) is 1.24. The Labute approximate surface area is 139 Å². The third-order valence-corrected chi connectivity index (χ3v) is 4.53. The van der Waals surface area contributed by atoms with Gasteiger partial charge < -0.3 is 15.0 Å². The lowest BCUT2D eigenvalue weighted by atomic mass is 10.1. The van der Waals surface area contributed by atoms with Crippen molar-refractivity contribution in [2.24, 2.45) is 0 Å². The van der Waals surface area contributed by atoms with E-state index in [0.29, 0.717) is 0 Å². The molecule has 1 unspecified atom stereocenters. The normalized spacial score (nSPS) is 16.9. The summed E-state index contributed by atoms with van der Waals surface area (Å²) in [6, 6.07) is 8.49. The van der Waals surface area contributed by atoms with Gasteiger partial charge in [-0.15, -0.1) is 0 Å². The third-order valence-electron chi connectivity index (χ3n) is 4.53. The Bertz CT molecular complexity index is 499. The molecule has 1 aliphatic heterocycles. The molecule has 128 valence electrons. The fourth-order valence-corrected chi connectivity index (χ4v) is 2.77. The highest BCUT2D eigenvalue weighted by atomic mass is 16.5. The van der Waals surface area contributed by atoms with Crippen LogP contribution in [0.3, 0.4) is 0 Å². The van der Waals surface area contributed by atoms with Crippen molar-refractivity contribution in [2.75, 3.05) is 39.8 Å². The van der Waals surface area contributed by atoms with Crippen molar-refractivity contribution in [1.82, 2.24) is 15.1 Å². The van der Waals surface area contributed by atoms with Crippen molar-refractivity contribution < 1.29 is 9.53 Å². The lowest BCUT2D eigenvalue weighted by molar-refractivity contribution is 0.138. The maximum Gasteiger partial charge on any atom is 0.317 e. The van der Waals surface area contributed by atoms with E-state index in [2.05, 4.69) is 29.3 Å². The Hall–Kier alpha value is -1.75. The molecular formula is C18H29N3O2. The predicted molar refractivity (Wildman–Crippen MR) is 93.0 cm³/mol. The molecule has 1 heterocycles. The quantitative estimate of drug-likeness (QED) is 0.875. The van der Waals surface area contributed by atoms with Crippen molar-refractivity contribution in [3.8, 4) is 5.75 Å². The number of rotatable bonds is 6. The molecule has 0 aromatic heterocycles. The van der Waals surface area contributed by atoms with Crippen LogP contribution >= 0.6 is 0 Å². The van der Waals surface area contributed by atoms with Gasteiger partial charge in [-0.25, -0.2) is 4.79 Å². The van der Waals surface area contributed by atoms with E-state index >= 15 is 0 Å². The molecule has 1 N–H and O–H groups in total. The van der Waals surface area contributed by atoms with Crippen LogP contribution in [0.5, 0.6) is 5.75 Å². The van der Waals surface area contributed by atoms with E-state index in [1.807, 2.05) is 24.0 Å². The Morgan fingerprint density at radius 2 is 1.96 bits per heavy atom. The van der Waals surface area contributed by atoms with Crippen LogP contribution in [0.2, 0.25) is 0 Å². The van der Waals surface area contributed by atoms with Gasteiger partial charge in [-0.2, -0.15) is 0 Å². The lowest BCUT2D eigenvalue weighted by Crippen LogP contribution is -2.53. The van der Waals surface area contributed by atoms with Crippen molar-refractivity contribution in [2.45, 2.75) is 32.7 Å². The summed E-state index contributed by atoms with van der Waals surface area (Å²) in [5, 5.41) is 3.04. The van der Waals surface area contributed by atoms with E-state index in [9.17, 15) is 4.79 Å². The first kappa shape index (κ1) is 17.6. The fraction of sp³-hybridized carbons (Fsp3) is 0.611. The monoisotopic (exact) mass is 319 g/mol. The Morgan fingerprint density at radius 1 is 1.26 bits per heavy atom. The minimum atomic E-state index is 0.0729. The largest absolute Gasteiger partial charge is 0.496 e. The number of carbonyl (C=O) groups is 1. The molecule has 0 radical (unpaired) electrons. The highest BCUT2D eigenvalue weighted by molar-refractivity contribution is 5.74. The Kier molecular flexibility index (Phi) is 6.71. The molecular weight excluding hydrogens is 290 g/mol. The maximum absolute atomic E-state index is 12.1. The van der Waals surface area contributed by atoms with Gasteiger partial charge in [0.05, 0.1) is 7.11 Å². The highest BCUT2D eigenvalue weighted by Crippen LogP contribution is 2.18. The summed E-state index contributed by atoms with van der Waals surface area (Å²) in [5.74, 6) is 0.957. The third kappa shape index (κ3) is 5.13. The van der Waals surface area contributed by atoms with Gasteiger partial charge in [0.2, 0.25) is 0 Å². The zero-order valence-corrected chi connectivity index (χ0v) is 14.5. The van der Waals surface area contributed by atoms with Gasteiger partial charge in [-0.3, -0.25) is 4.90 Å². The topological polar surface area (TPSA) is 44.8 Å². The van der Waals surface area contributed by atoms with Crippen molar-refractivity contribution in [3.63, 3.8) is 0 Å². The predicted octanol–water partition coefficient (Wildman–Crippen LogP) is 2.36. The van der Waals surface area contributed by atoms with Crippen LogP contribution in [-0.4, -0.2) is 61.7 Å². The van der Waals surface area contributed by atoms with E-state index in [4.69, 9.17) is 4.74 Å². The summed E-state index contributed by atoms with van der Waals surface area (Å²) in [6.07, 6.45) is 1.94. The van der Waals surface area contributed by atoms with Crippen LogP contribution in [0, 0.1) is 0 Å². The SMILES string of the molecule is CCC(C)NC(=O)N1CCN(CCc2ccccc2OC)CC1. The molecule has 2 rings (SSSR count). The fourth-order valence-electron chi connectivity index (χ4n) is 2.77. The zero-order chi connectivity index (χ0) is 16.7.